The first-order valence-electron chi connectivity index (χ1n) is 7.28. The lowest BCUT2D eigenvalue weighted by atomic mass is 9.93. The van der Waals surface area contributed by atoms with Gasteiger partial charge in [-0.3, -0.25) is 0 Å². The molecule has 0 aliphatic heterocycles. The van der Waals surface area contributed by atoms with Gasteiger partial charge in [0.05, 0.1) is 6.04 Å². The van der Waals surface area contributed by atoms with E-state index in [1.807, 2.05) is 7.05 Å². The van der Waals surface area contributed by atoms with E-state index in [9.17, 15) is 4.39 Å². The molecule has 1 N–H and O–H groups in total. The van der Waals surface area contributed by atoms with E-state index in [0.29, 0.717) is 5.92 Å². The molecule has 0 saturated carbocycles. The molecule has 0 amide bonds. The molecular formula is C18H21BrFN. The monoisotopic (exact) mass is 349 g/mol. The van der Waals surface area contributed by atoms with E-state index >= 15 is 0 Å². The van der Waals surface area contributed by atoms with Crippen molar-refractivity contribution < 1.29 is 4.39 Å². The minimum atomic E-state index is -0.218. The van der Waals surface area contributed by atoms with Crippen LogP contribution in [0.4, 0.5) is 4.39 Å². The Labute approximate surface area is 134 Å². The molecule has 0 bridgehead atoms. The minimum absolute atomic E-state index is 0.0268. The molecule has 21 heavy (non-hydrogen) atoms. The third kappa shape index (κ3) is 3.72. The zero-order valence-electron chi connectivity index (χ0n) is 12.7. The Morgan fingerprint density at radius 3 is 2.29 bits per heavy atom. The fourth-order valence-electron chi connectivity index (χ4n) is 2.49. The average Bonchev–Trinajstić information content (AvgIpc) is 2.51. The summed E-state index contributed by atoms with van der Waals surface area (Å²) in [4.78, 5) is 0. The van der Waals surface area contributed by atoms with Crippen LogP contribution < -0.4 is 5.32 Å². The van der Waals surface area contributed by atoms with E-state index < -0.39 is 0 Å². The zero-order valence-corrected chi connectivity index (χ0v) is 14.2. The van der Waals surface area contributed by atoms with Gasteiger partial charge >= 0.3 is 0 Å². The van der Waals surface area contributed by atoms with Crippen LogP contribution in [-0.2, 0) is 0 Å². The van der Waals surface area contributed by atoms with E-state index in [0.717, 1.165) is 22.0 Å². The van der Waals surface area contributed by atoms with Gasteiger partial charge in [0.2, 0.25) is 0 Å². The van der Waals surface area contributed by atoms with Crippen LogP contribution in [0.25, 0.3) is 0 Å². The highest BCUT2D eigenvalue weighted by atomic mass is 79.9. The van der Waals surface area contributed by atoms with Crippen LogP contribution in [-0.4, -0.2) is 7.05 Å². The second kappa shape index (κ2) is 7.19. The lowest BCUT2D eigenvalue weighted by Gasteiger charge is -2.20. The predicted molar refractivity (Wildman–Crippen MR) is 90.2 cm³/mol. The van der Waals surface area contributed by atoms with Crippen molar-refractivity contribution in [2.75, 3.05) is 7.05 Å². The quantitative estimate of drug-likeness (QED) is 0.760. The van der Waals surface area contributed by atoms with Crippen LogP contribution in [0.5, 0.6) is 0 Å². The molecule has 0 aliphatic rings. The number of hydrogen-bond donors (Lipinski definition) is 1. The van der Waals surface area contributed by atoms with Crippen molar-refractivity contribution in [2.24, 2.45) is 0 Å². The molecule has 0 heterocycles. The van der Waals surface area contributed by atoms with Gasteiger partial charge in [0.15, 0.2) is 0 Å². The van der Waals surface area contributed by atoms with E-state index in [1.54, 1.807) is 12.1 Å². The van der Waals surface area contributed by atoms with Gasteiger partial charge in [-0.2, -0.15) is 0 Å². The smallest absolute Gasteiger partial charge is 0.123 e. The molecule has 2 unspecified atom stereocenters. The van der Waals surface area contributed by atoms with Crippen molar-refractivity contribution in [1.82, 2.24) is 5.32 Å². The Hall–Kier alpha value is -1.19. The topological polar surface area (TPSA) is 12.0 Å². The zero-order chi connectivity index (χ0) is 15.4. The van der Waals surface area contributed by atoms with Crippen LogP contribution in [0.3, 0.4) is 0 Å². The number of hydrogen-bond acceptors (Lipinski definition) is 1. The molecule has 2 rings (SSSR count). The van der Waals surface area contributed by atoms with Crippen LogP contribution in [0.15, 0.2) is 46.9 Å². The largest absolute Gasteiger partial charge is 0.309 e. The van der Waals surface area contributed by atoms with Crippen LogP contribution in [0, 0.1) is 5.82 Å². The van der Waals surface area contributed by atoms with Gasteiger partial charge in [0.25, 0.3) is 0 Å². The third-order valence-corrected chi connectivity index (χ3v) is 4.73. The molecule has 0 aliphatic carbocycles. The van der Waals surface area contributed by atoms with E-state index in [-0.39, 0.29) is 11.9 Å². The Bertz CT molecular complexity index is 595. The van der Waals surface area contributed by atoms with Crippen LogP contribution in [0.1, 0.15) is 48.9 Å². The van der Waals surface area contributed by atoms with Crippen LogP contribution in [0.2, 0.25) is 0 Å². The highest BCUT2D eigenvalue weighted by Crippen LogP contribution is 2.30. The van der Waals surface area contributed by atoms with Gasteiger partial charge in [-0.1, -0.05) is 54.0 Å². The van der Waals surface area contributed by atoms with Crippen molar-refractivity contribution in [3.05, 3.63) is 69.4 Å². The van der Waals surface area contributed by atoms with Gasteiger partial charge in [0.1, 0.15) is 5.82 Å². The molecule has 0 aromatic heterocycles. The predicted octanol–water partition coefficient (Wildman–Crippen LogP) is 5.41. The molecule has 1 nitrogen and oxygen atoms in total. The second-order valence-electron chi connectivity index (χ2n) is 5.36. The maximum atomic E-state index is 13.5. The Balaban J connectivity index is 2.35. The normalized spacial score (nSPS) is 14.0. The maximum absolute atomic E-state index is 13.5. The molecule has 3 heteroatoms. The first-order chi connectivity index (χ1) is 10.1. The minimum Gasteiger partial charge on any atom is -0.309 e. The number of benzene rings is 2. The molecular weight excluding hydrogens is 329 g/mol. The number of halogens is 2. The summed E-state index contributed by atoms with van der Waals surface area (Å²) in [6.45, 7) is 4.42. The summed E-state index contributed by atoms with van der Waals surface area (Å²) < 4.78 is 14.4. The van der Waals surface area contributed by atoms with Gasteiger partial charge in [-0.25, -0.2) is 4.39 Å². The molecule has 0 fully saturated rings. The summed E-state index contributed by atoms with van der Waals surface area (Å²) in [6.07, 6.45) is 1.13. The van der Waals surface area contributed by atoms with Gasteiger partial charge in [-0.15, -0.1) is 0 Å². The van der Waals surface area contributed by atoms with E-state index in [4.69, 9.17) is 0 Å². The van der Waals surface area contributed by atoms with Crippen molar-refractivity contribution >= 4 is 15.9 Å². The van der Waals surface area contributed by atoms with Crippen molar-refractivity contribution in [2.45, 2.75) is 32.2 Å². The van der Waals surface area contributed by atoms with Crippen molar-refractivity contribution in [3.8, 4) is 0 Å². The van der Waals surface area contributed by atoms with Crippen LogP contribution >= 0.6 is 15.9 Å². The lowest BCUT2D eigenvalue weighted by Crippen LogP contribution is -2.18. The summed E-state index contributed by atoms with van der Waals surface area (Å²) in [5.74, 6) is 0.345. The summed E-state index contributed by atoms with van der Waals surface area (Å²) in [5, 5.41) is 3.27. The van der Waals surface area contributed by atoms with Gasteiger partial charge in [-0.05, 0) is 54.3 Å². The Morgan fingerprint density at radius 2 is 1.71 bits per heavy atom. The molecule has 2 atom stereocenters. The van der Waals surface area contributed by atoms with E-state index in [2.05, 4.69) is 59.4 Å². The van der Waals surface area contributed by atoms with E-state index in [1.165, 1.54) is 11.6 Å². The molecule has 0 radical (unpaired) electrons. The Morgan fingerprint density at radius 1 is 1.10 bits per heavy atom. The standard InChI is InChI=1S/C18H21BrFN/c1-4-12(2)13-5-7-14(8-6-13)18(21-3)16-11-15(20)9-10-17(16)19/h5-12,18,21H,4H2,1-3H3. The molecule has 0 spiro atoms. The lowest BCUT2D eigenvalue weighted by molar-refractivity contribution is 0.615. The summed E-state index contributed by atoms with van der Waals surface area (Å²) in [5.41, 5.74) is 3.39. The fraction of sp³-hybridized carbons (Fsp3) is 0.333. The SMILES string of the molecule is CCC(C)c1ccc(C(NC)c2cc(F)ccc2Br)cc1. The molecule has 2 aromatic carbocycles. The highest BCUT2D eigenvalue weighted by Gasteiger charge is 2.16. The molecule has 2 aromatic rings. The van der Waals surface area contributed by atoms with Gasteiger partial charge < -0.3 is 5.32 Å². The average molecular weight is 350 g/mol. The first kappa shape index (κ1) is 16.2. The highest BCUT2D eigenvalue weighted by molar-refractivity contribution is 9.10. The molecule has 112 valence electrons. The van der Waals surface area contributed by atoms with Gasteiger partial charge in [0, 0.05) is 4.47 Å². The maximum Gasteiger partial charge on any atom is 0.123 e. The summed E-state index contributed by atoms with van der Waals surface area (Å²) in [6, 6.07) is 13.4. The first-order valence-corrected chi connectivity index (χ1v) is 8.08. The Kier molecular flexibility index (Phi) is 5.54. The summed E-state index contributed by atoms with van der Waals surface area (Å²) >= 11 is 3.51. The second-order valence-corrected chi connectivity index (χ2v) is 6.22. The fourth-order valence-corrected chi connectivity index (χ4v) is 2.97. The van der Waals surface area contributed by atoms with Crippen molar-refractivity contribution in [3.63, 3.8) is 0 Å². The summed E-state index contributed by atoms with van der Waals surface area (Å²) in [7, 11) is 1.89. The molecule has 0 saturated heterocycles. The number of nitrogens with one attached hydrogen (secondary N) is 1. The van der Waals surface area contributed by atoms with Crippen molar-refractivity contribution in [1.29, 1.82) is 0 Å². The number of rotatable bonds is 5. The third-order valence-electron chi connectivity index (χ3n) is 4.01.